The minimum atomic E-state index is -0.682. The molecule has 0 aliphatic rings. The smallest absolute Gasteiger partial charge is 0.273 e. The second-order valence-electron chi connectivity index (χ2n) is 5.17. The molecule has 0 radical (unpaired) electrons. The van der Waals surface area contributed by atoms with Gasteiger partial charge in [0.25, 0.3) is 5.91 Å². The lowest BCUT2D eigenvalue weighted by Crippen LogP contribution is -2.41. The van der Waals surface area contributed by atoms with E-state index in [2.05, 4.69) is 20.8 Å². The summed E-state index contributed by atoms with van der Waals surface area (Å²) in [6.07, 6.45) is 0. The second kappa shape index (κ2) is 6.31. The molecule has 2 amide bonds. The highest BCUT2D eigenvalue weighted by Gasteiger charge is 2.20. The van der Waals surface area contributed by atoms with Crippen molar-refractivity contribution < 1.29 is 9.59 Å². The van der Waals surface area contributed by atoms with E-state index < -0.39 is 11.9 Å². The van der Waals surface area contributed by atoms with Gasteiger partial charge in [-0.3, -0.25) is 14.7 Å². The van der Waals surface area contributed by atoms with Gasteiger partial charge in [-0.25, -0.2) is 0 Å². The van der Waals surface area contributed by atoms with Gasteiger partial charge in [0.05, 0.1) is 5.52 Å². The molecule has 0 aliphatic carbocycles. The summed E-state index contributed by atoms with van der Waals surface area (Å²) in [5.74, 6) is -0.678. The number of aromatic amines is 1. The monoisotopic (exact) mass is 308 g/mol. The SMILES string of the molecule is CC(NC(=O)c1n[nH]c2ccccc12)C(=O)Nc1ccccc1. The largest absolute Gasteiger partial charge is 0.339 e. The number of hydrogen-bond donors (Lipinski definition) is 3. The highest BCUT2D eigenvalue weighted by molar-refractivity contribution is 6.06. The predicted molar refractivity (Wildman–Crippen MR) is 88.1 cm³/mol. The van der Waals surface area contributed by atoms with Gasteiger partial charge in [0.1, 0.15) is 6.04 Å². The Morgan fingerprint density at radius 1 is 1.04 bits per heavy atom. The van der Waals surface area contributed by atoms with Crippen LogP contribution in [0.5, 0.6) is 0 Å². The first-order chi connectivity index (χ1) is 11.1. The molecular formula is C17H16N4O2. The fraction of sp³-hybridized carbons (Fsp3) is 0.118. The number of carbonyl (C=O) groups is 2. The number of hydrogen-bond acceptors (Lipinski definition) is 3. The number of benzene rings is 2. The van der Waals surface area contributed by atoms with Crippen LogP contribution in [0.4, 0.5) is 5.69 Å². The van der Waals surface area contributed by atoms with Crippen molar-refractivity contribution in [1.82, 2.24) is 15.5 Å². The Hall–Kier alpha value is -3.15. The molecule has 1 atom stereocenters. The standard InChI is InChI=1S/C17H16N4O2/c1-11(16(22)19-12-7-3-2-4-8-12)18-17(23)15-13-9-5-6-10-14(13)20-21-15/h2-11H,1H3,(H,18,23)(H,19,22)(H,20,21). The van der Waals surface area contributed by atoms with Gasteiger partial charge in [0, 0.05) is 11.1 Å². The van der Waals surface area contributed by atoms with Crippen LogP contribution in [0.25, 0.3) is 10.9 Å². The van der Waals surface area contributed by atoms with Crippen LogP contribution in [0, 0.1) is 0 Å². The average Bonchev–Trinajstić information content (AvgIpc) is 2.99. The number of amides is 2. The molecule has 0 aliphatic heterocycles. The van der Waals surface area contributed by atoms with Crippen LogP contribution in [0.2, 0.25) is 0 Å². The number of fused-ring (bicyclic) bond motifs is 1. The highest BCUT2D eigenvalue weighted by atomic mass is 16.2. The van der Waals surface area contributed by atoms with E-state index in [1.54, 1.807) is 19.1 Å². The van der Waals surface area contributed by atoms with Crippen molar-refractivity contribution in [3.8, 4) is 0 Å². The van der Waals surface area contributed by atoms with Crippen LogP contribution in [0.15, 0.2) is 54.6 Å². The van der Waals surface area contributed by atoms with Gasteiger partial charge in [0.15, 0.2) is 5.69 Å². The second-order valence-corrected chi connectivity index (χ2v) is 5.17. The van der Waals surface area contributed by atoms with Crippen molar-refractivity contribution in [2.75, 3.05) is 5.32 Å². The van der Waals surface area contributed by atoms with E-state index in [-0.39, 0.29) is 11.6 Å². The van der Waals surface area contributed by atoms with Crippen molar-refractivity contribution in [2.45, 2.75) is 13.0 Å². The maximum absolute atomic E-state index is 12.3. The molecule has 1 heterocycles. The Labute approximate surface area is 132 Å². The molecule has 0 spiro atoms. The number of nitrogens with zero attached hydrogens (tertiary/aromatic N) is 1. The summed E-state index contributed by atoms with van der Waals surface area (Å²) < 4.78 is 0. The highest BCUT2D eigenvalue weighted by Crippen LogP contribution is 2.15. The molecule has 6 heteroatoms. The fourth-order valence-electron chi connectivity index (χ4n) is 2.24. The summed E-state index contributed by atoms with van der Waals surface area (Å²) in [5.41, 5.74) is 1.74. The van der Waals surface area contributed by atoms with Crippen LogP contribution in [0.3, 0.4) is 0 Å². The summed E-state index contributed by atoms with van der Waals surface area (Å²) in [5, 5.41) is 13.0. The number of para-hydroxylation sites is 2. The van der Waals surface area contributed by atoms with Gasteiger partial charge in [-0.2, -0.15) is 5.10 Å². The first kappa shape index (κ1) is 14.8. The summed E-state index contributed by atoms with van der Waals surface area (Å²) in [6.45, 7) is 1.63. The van der Waals surface area contributed by atoms with E-state index in [0.29, 0.717) is 5.69 Å². The van der Waals surface area contributed by atoms with Gasteiger partial charge >= 0.3 is 0 Å². The normalized spacial score (nSPS) is 11.9. The van der Waals surface area contributed by atoms with Gasteiger partial charge < -0.3 is 10.6 Å². The predicted octanol–water partition coefficient (Wildman–Crippen LogP) is 2.32. The molecule has 6 nitrogen and oxygen atoms in total. The molecular weight excluding hydrogens is 292 g/mol. The van der Waals surface area contributed by atoms with Gasteiger partial charge in [-0.05, 0) is 25.1 Å². The molecule has 1 aromatic heterocycles. The number of carbonyl (C=O) groups excluding carboxylic acids is 2. The minimum absolute atomic E-state index is 0.278. The Balaban J connectivity index is 1.68. The van der Waals surface area contributed by atoms with Crippen LogP contribution in [-0.2, 0) is 4.79 Å². The minimum Gasteiger partial charge on any atom is -0.339 e. The van der Waals surface area contributed by atoms with Crippen molar-refractivity contribution in [2.24, 2.45) is 0 Å². The molecule has 3 N–H and O–H groups in total. The average molecular weight is 308 g/mol. The van der Waals surface area contributed by atoms with Gasteiger partial charge in [0.2, 0.25) is 5.91 Å². The molecule has 0 bridgehead atoms. The Morgan fingerprint density at radius 3 is 2.52 bits per heavy atom. The molecule has 0 fully saturated rings. The number of rotatable bonds is 4. The molecule has 2 aromatic carbocycles. The van der Waals surface area contributed by atoms with Crippen LogP contribution in [0.1, 0.15) is 17.4 Å². The van der Waals surface area contributed by atoms with E-state index in [1.807, 2.05) is 42.5 Å². The molecule has 0 saturated carbocycles. The zero-order valence-electron chi connectivity index (χ0n) is 12.5. The van der Waals surface area contributed by atoms with Crippen molar-refractivity contribution in [3.63, 3.8) is 0 Å². The molecule has 3 rings (SSSR count). The molecule has 3 aromatic rings. The first-order valence-electron chi connectivity index (χ1n) is 7.25. The first-order valence-corrected chi connectivity index (χ1v) is 7.25. The Bertz CT molecular complexity index is 842. The third-order valence-electron chi connectivity index (χ3n) is 3.47. The zero-order valence-corrected chi connectivity index (χ0v) is 12.5. The lowest BCUT2D eigenvalue weighted by molar-refractivity contribution is -0.117. The molecule has 1 unspecified atom stereocenters. The van der Waals surface area contributed by atoms with Gasteiger partial charge in [-0.1, -0.05) is 36.4 Å². The van der Waals surface area contributed by atoms with E-state index in [9.17, 15) is 9.59 Å². The maximum Gasteiger partial charge on any atom is 0.273 e. The Kier molecular flexibility index (Phi) is 4.05. The van der Waals surface area contributed by atoms with E-state index in [0.717, 1.165) is 10.9 Å². The third-order valence-corrected chi connectivity index (χ3v) is 3.47. The van der Waals surface area contributed by atoms with Crippen LogP contribution >= 0.6 is 0 Å². The van der Waals surface area contributed by atoms with E-state index in [1.165, 1.54) is 0 Å². The molecule has 0 saturated heterocycles. The molecule has 116 valence electrons. The summed E-state index contributed by atoms with van der Waals surface area (Å²) in [4.78, 5) is 24.4. The number of nitrogens with one attached hydrogen (secondary N) is 3. The van der Waals surface area contributed by atoms with Crippen LogP contribution in [-0.4, -0.2) is 28.1 Å². The van der Waals surface area contributed by atoms with Crippen molar-refractivity contribution in [3.05, 3.63) is 60.3 Å². The lowest BCUT2D eigenvalue weighted by Gasteiger charge is -2.13. The number of anilines is 1. The summed E-state index contributed by atoms with van der Waals surface area (Å²) >= 11 is 0. The van der Waals surface area contributed by atoms with Crippen molar-refractivity contribution in [1.29, 1.82) is 0 Å². The lowest BCUT2D eigenvalue weighted by atomic mass is 10.2. The maximum atomic E-state index is 12.3. The van der Waals surface area contributed by atoms with E-state index in [4.69, 9.17) is 0 Å². The topological polar surface area (TPSA) is 86.9 Å². The fourth-order valence-corrected chi connectivity index (χ4v) is 2.24. The molecule has 23 heavy (non-hydrogen) atoms. The number of H-pyrrole nitrogens is 1. The Morgan fingerprint density at radius 2 is 1.74 bits per heavy atom. The number of aromatic nitrogens is 2. The van der Waals surface area contributed by atoms with Crippen LogP contribution < -0.4 is 10.6 Å². The van der Waals surface area contributed by atoms with Gasteiger partial charge in [-0.15, -0.1) is 0 Å². The summed E-state index contributed by atoms with van der Waals surface area (Å²) in [6, 6.07) is 15.7. The summed E-state index contributed by atoms with van der Waals surface area (Å²) in [7, 11) is 0. The third kappa shape index (κ3) is 3.21. The van der Waals surface area contributed by atoms with E-state index >= 15 is 0 Å². The van der Waals surface area contributed by atoms with Crippen molar-refractivity contribution >= 4 is 28.4 Å². The quantitative estimate of drug-likeness (QED) is 0.691. The zero-order chi connectivity index (χ0) is 16.2.